The van der Waals surface area contributed by atoms with Gasteiger partial charge in [0.15, 0.2) is 4.91 Å². The largest absolute Gasteiger partial charge is 0.492 e. The average Bonchev–Trinajstić information content (AvgIpc) is 2.62. The molecule has 1 heterocycles. The molecule has 0 radical (unpaired) electrons. The molecule has 6 nitrogen and oxygen atoms in total. The van der Waals surface area contributed by atoms with E-state index < -0.39 is 26.5 Å². The van der Waals surface area contributed by atoms with Crippen LogP contribution in [0.5, 0.6) is 5.75 Å². The summed E-state index contributed by atoms with van der Waals surface area (Å²) in [5, 5.41) is 0. The third-order valence-electron chi connectivity index (χ3n) is 3.82. The number of benzene rings is 2. The number of esters is 1. The van der Waals surface area contributed by atoms with Gasteiger partial charge in [0, 0.05) is 6.20 Å². The van der Waals surface area contributed by atoms with Crippen LogP contribution in [0.15, 0.2) is 58.5 Å². The first-order chi connectivity index (χ1) is 12.4. The van der Waals surface area contributed by atoms with E-state index >= 15 is 0 Å². The number of hydrogen-bond acceptors (Lipinski definition) is 6. The number of sulfone groups is 1. The van der Waals surface area contributed by atoms with Crippen molar-refractivity contribution in [2.75, 3.05) is 18.6 Å². The van der Waals surface area contributed by atoms with Gasteiger partial charge in [0.1, 0.15) is 11.6 Å². The zero-order chi connectivity index (χ0) is 18.9. The molecule has 0 amide bonds. The Hall–Kier alpha value is -2.87. The molecular weight excluding hydrogens is 361 g/mol. The van der Waals surface area contributed by atoms with Crippen LogP contribution < -0.4 is 9.64 Å². The molecule has 136 valence electrons. The summed E-state index contributed by atoms with van der Waals surface area (Å²) in [7, 11) is -3.04. The second-order valence-corrected chi connectivity index (χ2v) is 7.26. The van der Waals surface area contributed by atoms with Crippen molar-refractivity contribution >= 4 is 27.2 Å². The number of halogens is 1. The maximum absolute atomic E-state index is 13.8. The van der Waals surface area contributed by atoms with E-state index in [9.17, 15) is 17.6 Å². The monoisotopic (exact) mass is 377 g/mol. The SMILES string of the molecule is CCOc1ccccc1N1C=C(C(=O)OC)S(=O)(=O)c2ccc(F)cc21. The molecule has 2 aromatic rings. The Labute approximate surface area is 150 Å². The fourth-order valence-electron chi connectivity index (χ4n) is 2.68. The summed E-state index contributed by atoms with van der Waals surface area (Å²) in [4.78, 5) is 12.7. The number of carbonyl (C=O) groups is 1. The van der Waals surface area contributed by atoms with E-state index in [1.807, 2.05) is 0 Å². The Morgan fingerprint density at radius 3 is 2.58 bits per heavy atom. The number of carbonyl (C=O) groups excluding carboxylic acids is 1. The van der Waals surface area contributed by atoms with Crippen LogP contribution in [0.3, 0.4) is 0 Å². The molecule has 1 aliphatic heterocycles. The van der Waals surface area contributed by atoms with Crippen molar-refractivity contribution in [3.63, 3.8) is 0 Å². The Bertz CT molecular complexity index is 1000. The van der Waals surface area contributed by atoms with Crippen molar-refractivity contribution in [3.05, 3.63) is 59.4 Å². The minimum atomic E-state index is -4.14. The Morgan fingerprint density at radius 1 is 1.15 bits per heavy atom. The van der Waals surface area contributed by atoms with Crippen molar-refractivity contribution in [2.24, 2.45) is 0 Å². The van der Waals surface area contributed by atoms with Crippen molar-refractivity contribution in [2.45, 2.75) is 11.8 Å². The second kappa shape index (κ2) is 6.80. The number of rotatable bonds is 4. The van der Waals surface area contributed by atoms with Crippen LogP contribution in [0.4, 0.5) is 15.8 Å². The van der Waals surface area contributed by atoms with Crippen molar-refractivity contribution < 1.29 is 27.1 Å². The molecule has 0 atom stereocenters. The molecule has 1 aliphatic rings. The minimum absolute atomic E-state index is 0.0878. The highest BCUT2D eigenvalue weighted by Crippen LogP contribution is 2.43. The van der Waals surface area contributed by atoms with E-state index in [4.69, 9.17) is 4.74 Å². The summed E-state index contributed by atoms with van der Waals surface area (Å²) in [6.07, 6.45) is 1.13. The third kappa shape index (κ3) is 2.92. The van der Waals surface area contributed by atoms with Gasteiger partial charge in [-0.05, 0) is 37.3 Å². The van der Waals surface area contributed by atoms with Crippen LogP contribution >= 0.6 is 0 Å². The molecule has 0 aromatic heterocycles. The predicted molar refractivity (Wildman–Crippen MR) is 93.4 cm³/mol. The van der Waals surface area contributed by atoms with Crippen LogP contribution in [0, 0.1) is 5.82 Å². The zero-order valence-electron chi connectivity index (χ0n) is 14.1. The Morgan fingerprint density at radius 2 is 1.88 bits per heavy atom. The van der Waals surface area contributed by atoms with Crippen LogP contribution in [-0.4, -0.2) is 28.1 Å². The third-order valence-corrected chi connectivity index (χ3v) is 5.59. The molecular formula is C18H16FNO5S. The molecule has 0 unspecified atom stereocenters. The number of fused-ring (bicyclic) bond motifs is 1. The van der Waals surface area contributed by atoms with E-state index in [0.717, 1.165) is 31.5 Å². The first kappa shape index (κ1) is 17.9. The van der Waals surface area contributed by atoms with Crippen LogP contribution in [0.2, 0.25) is 0 Å². The van der Waals surface area contributed by atoms with Crippen LogP contribution in [-0.2, 0) is 19.4 Å². The molecule has 0 saturated carbocycles. The lowest BCUT2D eigenvalue weighted by Crippen LogP contribution is -2.26. The lowest BCUT2D eigenvalue weighted by atomic mass is 10.2. The van der Waals surface area contributed by atoms with Gasteiger partial charge < -0.3 is 14.4 Å². The highest BCUT2D eigenvalue weighted by atomic mass is 32.2. The number of nitrogens with zero attached hydrogens (tertiary/aromatic N) is 1. The topological polar surface area (TPSA) is 72.9 Å². The maximum atomic E-state index is 13.8. The van der Waals surface area contributed by atoms with Gasteiger partial charge in [-0.25, -0.2) is 17.6 Å². The second-order valence-electron chi connectivity index (χ2n) is 5.37. The molecule has 0 spiro atoms. The molecule has 0 saturated heterocycles. The summed E-state index contributed by atoms with van der Waals surface area (Å²) < 4.78 is 49.5. The molecule has 26 heavy (non-hydrogen) atoms. The quantitative estimate of drug-likeness (QED) is 0.602. The van der Waals surface area contributed by atoms with Gasteiger partial charge in [-0.1, -0.05) is 12.1 Å². The fourth-order valence-corrected chi connectivity index (χ4v) is 4.14. The van der Waals surface area contributed by atoms with Crippen molar-refractivity contribution in [1.29, 1.82) is 0 Å². The van der Waals surface area contributed by atoms with E-state index in [-0.39, 0.29) is 10.6 Å². The van der Waals surface area contributed by atoms with Gasteiger partial charge in [-0.15, -0.1) is 0 Å². The smallest absolute Gasteiger partial charge is 0.351 e. The van der Waals surface area contributed by atoms with E-state index in [0.29, 0.717) is 18.0 Å². The maximum Gasteiger partial charge on any atom is 0.351 e. The predicted octanol–water partition coefficient (Wildman–Crippen LogP) is 3.16. The minimum Gasteiger partial charge on any atom is -0.492 e. The normalized spacial score (nSPS) is 15.0. The standard InChI is InChI=1S/C18H16FNO5S/c1-3-25-15-7-5-4-6-13(15)20-11-17(18(21)24-2)26(22,23)16-9-8-12(19)10-14(16)20/h4-11H,3H2,1-2H3. The van der Waals surface area contributed by atoms with Gasteiger partial charge in [-0.2, -0.15) is 0 Å². The van der Waals surface area contributed by atoms with Gasteiger partial charge >= 0.3 is 5.97 Å². The van der Waals surface area contributed by atoms with Crippen LogP contribution in [0.25, 0.3) is 0 Å². The summed E-state index contributed by atoms with van der Waals surface area (Å²) in [6.45, 7) is 2.19. The van der Waals surface area contributed by atoms with Crippen molar-refractivity contribution in [1.82, 2.24) is 0 Å². The number of para-hydroxylation sites is 2. The molecule has 0 N–H and O–H groups in total. The highest BCUT2D eigenvalue weighted by molar-refractivity contribution is 7.96. The first-order valence-corrected chi connectivity index (χ1v) is 9.24. The zero-order valence-corrected chi connectivity index (χ0v) is 14.9. The number of methoxy groups -OCH3 is 1. The molecule has 8 heteroatoms. The average molecular weight is 377 g/mol. The van der Waals surface area contributed by atoms with E-state index in [2.05, 4.69) is 4.74 Å². The van der Waals surface area contributed by atoms with Gasteiger partial charge in [-0.3, -0.25) is 0 Å². The summed E-state index contributed by atoms with van der Waals surface area (Å²) >= 11 is 0. The highest BCUT2D eigenvalue weighted by Gasteiger charge is 2.37. The molecule has 3 rings (SSSR count). The molecule has 0 aliphatic carbocycles. The molecule has 2 aromatic carbocycles. The fraction of sp³-hybridized carbons (Fsp3) is 0.167. The summed E-state index contributed by atoms with van der Waals surface area (Å²) in [6, 6.07) is 10.1. The Kier molecular flexibility index (Phi) is 4.69. The number of hydrogen-bond donors (Lipinski definition) is 0. The van der Waals surface area contributed by atoms with Crippen molar-refractivity contribution in [3.8, 4) is 5.75 Å². The van der Waals surface area contributed by atoms with Gasteiger partial charge in [0.2, 0.25) is 9.84 Å². The lowest BCUT2D eigenvalue weighted by Gasteiger charge is -2.29. The molecule has 0 fully saturated rings. The van der Waals surface area contributed by atoms with Gasteiger partial charge in [0.25, 0.3) is 0 Å². The van der Waals surface area contributed by atoms with E-state index in [1.54, 1.807) is 31.2 Å². The lowest BCUT2D eigenvalue weighted by molar-refractivity contribution is -0.135. The summed E-state index contributed by atoms with van der Waals surface area (Å²) in [5.41, 5.74) is 0.558. The van der Waals surface area contributed by atoms with E-state index in [1.165, 1.54) is 4.90 Å². The first-order valence-electron chi connectivity index (χ1n) is 7.76. The van der Waals surface area contributed by atoms with Gasteiger partial charge in [0.05, 0.1) is 30.0 Å². The number of anilines is 2. The number of ether oxygens (including phenoxy) is 2. The Balaban J connectivity index is 2.30. The van der Waals surface area contributed by atoms with Crippen LogP contribution in [0.1, 0.15) is 6.92 Å². The summed E-state index contributed by atoms with van der Waals surface area (Å²) in [5.74, 6) is -1.14. The molecule has 0 bridgehead atoms.